The van der Waals surface area contributed by atoms with Crippen molar-refractivity contribution in [3.05, 3.63) is 51.7 Å². The fraction of sp³-hybridized carbons (Fsp3) is 0.333. The number of thiophene rings is 1. The van der Waals surface area contributed by atoms with Crippen LogP contribution in [-0.4, -0.2) is 41.8 Å². The van der Waals surface area contributed by atoms with E-state index < -0.39 is 6.10 Å². The number of benzene rings is 1. The van der Waals surface area contributed by atoms with Gasteiger partial charge in [-0.3, -0.25) is 4.79 Å². The summed E-state index contributed by atoms with van der Waals surface area (Å²) in [5, 5.41) is 7.56. The first-order chi connectivity index (χ1) is 12.2. The van der Waals surface area contributed by atoms with E-state index in [1.165, 1.54) is 11.3 Å². The number of amides is 1. The number of anilines is 1. The number of nitrogens with zero attached hydrogens (tertiary/aromatic N) is 2. The van der Waals surface area contributed by atoms with Crippen molar-refractivity contribution in [1.82, 2.24) is 4.90 Å². The van der Waals surface area contributed by atoms with Crippen LogP contribution in [-0.2, 0) is 9.63 Å². The van der Waals surface area contributed by atoms with E-state index in [2.05, 4.69) is 10.5 Å². The van der Waals surface area contributed by atoms with Crippen LogP contribution in [0.3, 0.4) is 0 Å². The highest BCUT2D eigenvalue weighted by atomic mass is 35.5. The van der Waals surface area contributed by atoms with Gasteiger partial charge in [-0.15, -0.1) is 11.3 Å². The molecule has 2 unspecified atom stereocenters. The van der Waals surface area contributed by atoms with E-state index in [0.717, 1.165) is 29.2 Å². The summed E-state index contributed by atoms with van der Waals surface area (Å²) >= 11 is 7.42. The predicted molar refractivity (Wildman–Crippen MR) is 100 cm³/mol. The standard InChI is InChI=1S/C18H18ClN3O2S/c19-17-7-6-16(25-17)14-10-15(24-21-14)18(23)22-9-8-13(11-22)20-12-4-2-1-3-5-12/h1-7,13,15,20H,8-11H2. The zero-order valence-corrected chi connectivity index (χ0v) is 15.1. The Bertz CT molecular complexity index is 793. The minimum atomic E-state index is -0.522. The molecule has 0 bridgehead atoms. The van der Waals surface area contributed by atoms with Crippen LogP contribution in [0.15, 0.2) is 47.6 Å². The molecular weight excluding hydrogens is 358 g/mol. The molecule has 7 heteroatoms. The van der Waals surface area contributed by atoms with Gasteiger partial charge < -0.3 is 15.1 Å². The molecule has 1 N–H and O–H groups in total. The molecule has 2 aliphatic rings. The average Bonchev–Trinajstić information content (AvgIpc) is 3.35. The van der Waals surface area contributed by atoms with Crippen LogP contribution in [0.25, 0.3) is 0 Å². The van der Waals surface area contributed by atoms with Crippen molar-refractivity contribution in [1.29, 1.82) is 0 Å². The molecule has 0 aliphatic carbocycles. The number of rotatable bonds is 4. The first-order valence-electron chi connectivity index (χ1n) is 8.28. The Hall–Kier alpha value is -2.05. The van der Waals surface area contributed by atoms with Crippen molar-refractivity contribution in [3.63, 3.8) is 0 Å². The molecule has 1 amide bonds. The number of hydrogen-bond donors (Lipinski definition) is 1. The summed E-state index contributed by atoms with van der Waals surface area (Å²) in [6, 6.07) is 14.1. The number of carbonyl (C=O) groups is 1. The van der Waals surface area contributed by atoms with Gasteiger partial charge >= 0.3 is 0 Å². The van der Waals surface area contributed by atoms with E-state index in [1.54, 1.807) is 0 Å². The first kappa shape index (κ1) is 16.4. The van der Waals surface area contributed by atoms with Gasteiger partial charge in [-0.05, 0) is 30.7 Å². The maximum atomic E-state index is 12.7. The Labute approximate surface area is 155 Å². The van der Waals surface area contributed by atoms with Crippen molar-refractivity contribution < 1.29 is 9.63 Å². The van der Waals surface area contributed by atoms with Gasteiger partial charge in [0, 0.05) is 31.2 Å². The van der Waals surface area contributed by atoms with Gasteiger partial charge in [0.1, 0.15) is 5.71 Å². The lowest BCUT2D eigenvalue weighted by Crippen LogP contribution is -2.39. The zero-order chi connectivity index (χ0) is 17.2. The normalized spacial score (nSPS) is 22.6. The van der Waals surface area contributed by atoms with Gasteiger partial charge in [-0.2, -0.15) is 0 Å². The molecule has 1 saturated heterocycles. The van der Waals surface area contributed by atoms with Crippen LogP contribution in [0.2, 0.25) is 4.34 Å². The van der Waals surface area contributed by atoms with Crippen LogP contribution in [0.4, 0.5) is 5.69 Å². The zero-order valence-electron chi connectivity index (χ0n) is 13.5. The molecule has 0 saturated carbocycles. The smallest absolute Gasteiger partial charge is 0.266 e. The Morgan fingerprint density at radius 1 is 1.28 bits per heavy atom. The minimum absolute atomic E-state index is 0.0127. The molecule has 5 nitrogen and oxygen atoms in total. The van der Waals surface area contributed by atoms with Crippen molar-refractivity contribution in [3.8, 4) is 0 Å². The lowest BCUT2D eigenvalue weighted by atomic mass is 10.1. The second-order valence-corrected chi connectivity index (χ2v) is 7.94. The molecule has 0 radical (unpaired) electrons. The Morgan fingerprint density at radius 2 is 2.12 bits per heavy atom. The Kier molecular flexibility index (Phi) is 4.63. The summed E-state index contributed by atoms with van der Waals surface area (Å²) in [6.45, 7) is 1.43. The largest absolute Gasteiger partial charge is 0.382 e. The topological polar surface area (TPSA) is 53.9 Å². The molecule has 2 aliphatic heterocycles. The minimum Gasteiger partial charge on any atom is -0.382 e. The van der Waals surface area contributed by atoms with Crippen LogP contribution in [0.1, 0.15) is 17.7 Å². The molecule has 3 heterocycles. The third kappa shape index (κ3) is 3.65. The van der Waals surface area contributed by atoms with Gasteiger partial charge in [-0.1, -0.05) is 35.0 Å². The maximum Gasteiger partial charge on any atom is 0.266 e. The summed E-state index contributed by atoms with van der Waals surface area (Å²) in [5.74, 6) is 0.0127. The maximum absolute atomic E-state index is 12.7. The van der Waals surface area contributed by atoms with Crippen molar-refractivity contribution in [2.75, 3.05) is 18.4 Å². The quantitative estimate of drug-likeness (QED) is 0.888. The number of carbonyl (C=O) groups excluding carboxylic acids is 1. The summed E-state index contributed by atoms with van der Waals surface area (Å²) in [6.07, 6.45) is 0.913. The molecular formula is C18H18ClN3O2S. The summed E-state index contributed by atoms with van der Waals surface area (Å²) in [5.41, 5.74) is 1.88. The van der Waals surface area contributed by atoms with Crippen molar-refractivity contribution in [2.45, 2.75) is 25.0 Å². The molecule has 4 rings (SSSR count). The number of halogens is 1. The summed E-state index contributed by atoms with van der Waals surface area (Å²) in [4.78, 5) is 20.9. The Balaban J connectivity index is 1.32. The van der Waals surface area contributed by atoms with Gasteiger partial charge in [0.2, 0.25) is 6.10 Å². The van der Waals surface area contributed by atoms with Gasteiger partial charge in [0.25, 0.3) is 5.91 Å². The van der Waals surface area contributed by atoms with E-state index in [1.807, 2.05) is 47.4 Å². The molecule has 1 aromatic carbocycles. The third-order valence-corrected chi connectivity index (χ3v) is 5.73. The molecule has 2 aromatic rings. The lowest BCUT2D eigenvalue weighted by Gasteiger charge is -2.20. The highest BCUT2D eigenvalue weighted by Crippen LogP contribution is 2.27. The number of hydrogen-bond acceptors (Lipinski definition) is 5. The number of oxime groups is 1. The van der Waals surface area contributed by atoms with E-state index >= 15 is 0 Å². The molecule has 1 fully saturated rings. The first-order valence-corrected chi connectivity index (χ1v) is 9.47. The fourth-order valence-corrected chi connectivity index (χ4v) is 4.21. The molecule has 2 atom stereocenters. The SMILES string of the molecule is O=C(C1CC(c2ccc(Cl)s2)=NO1)N1CCC(Nc2ccccc2)C1. The Morgan fingerprint density at radius 3 is 2.88 bits per heavy atom. The van der Waals surface area contributed by atoms with E-state index in [4.69, 9.17) is 16.4 Å². The van der Waals surface area contributed by atoms with Gasteiger partial charge in [-0.25, -0.2) is 0 Å². The van der Waals surface area contributed by atoms with Crippen molar-refractivity contribution >= 4 is 40.2 Å². The second kappa shape index (κ2) is 7.06. The highest BCUT2D eigenvalue weighted by molar-refractivity contribution is 7.18. The van der Waals surface area contributed by atoms with E-state index in [-0.39, 0.29) is 11.9 Å². The number of likely N-dealkylation sites (tertiary alicyclic amines) is 1. The van der Waals surface area contributed by atoms with Crippen LogP contribution in [0.5, 0.6) is 0 Å². The molecule has 25 heavy (non-hydrogen) atoms. The van der Waals surface area contributed by atoms with Gasteiger partial charge in [0.05, 0.1) is 9.21 Å². The molecule has 0 spiro atoms. The summed E-state index contributed by atoms with van der Waals surface area (Å²) in [7, 11) is 0. The average molecular weight is 376 g/mol. The van der Waals surface area contributed by atoms with Gasteiger partial charge in [0.15, 0.2) is 0 Å². The number of nitrogens with one attached hydrogen (secondary N) is 1. The second-order valence-electron chi connectivity index (χ2n) is 6.22. The highest BCUT2D eigenvalue weighted by Gasteiger charge is 2.36. The number of para-hydroxylation sites is 1. The van der Waals surface area contributed by atoms with Crippen LogP contribution in [0, 0.1) is 0 Å². The fourth-order valence-electron chi connectivity index (χ4n) is 3.18. The lowest BCUT2D eigenvalue weighted by molar-refractivity contribution is -0.140. The monoisotopic (exact) mass is 375 g/mol. The predicted octanol–water partition coefficient (Wildman–Crippen LogP) is 3.61. The van der Waals surface area contributed by atoms with E-state index in [9.17, 15) is 4.79 Å². The molecule has 130 valence electrons. The van der Waals surface area contributed by atoms with E-state index in [0.29, 0.717) is 17.3 Å². The summed E-state index contributed by atoms with van der Waals surface area (Å²) < 4.78 is 0.710. The third-order valence-electron chi connectivity index (χ3n) is 4.45. The molecule has 1 aromatic heterocycles. The van der Waals surface area contributed by atoms with Crippen LogP contribution >= 0.6 is 22.9 Å². The van der Waals surface area contributed by atoms with Crippen molar-refractivity contribution in [2.24, 2.45) is 5.16 Å². The van der Waals surface area contributed by atoms with Crippen LogP contribution < -0.4 is 5.32 Å².